The molecule has 0 bridgehead atoms. The molecule has 1 saturated carbocycles. The van der Waals surface area contributed by atoms with E-state index in [1.54, 1.807) is 36.4 Å². The number of fused-ring (bicyclic) bond motifs is 1. The maximum absolute atomic E-state index is 12.6. The summed E-state index contributed by atoms with van der Waals surface area (Å²) in [6.07, 6.45) is 5.94. The van der Waals surface area contributed by atoms with Gasteiger partial charge in [0.05, 0.1) is 11.0 Å². The molecule has 1 aromatic carbocycles. The second kappa shape index (κ2) is 6.56. The summed E-state index contributed by atoms with van der Waals surface area (Å²) in [6, 6.07) is 8.76. The van der Waals surface area contributed by atoms with Gasteiger partial charge in [-0.15, -0.1) is 6.58 Å². The molecule has 24 heavy (non-hydrogen) atoms. The number of esters is 1. The van der Waals surface area contributed by atoms with E-state index in [2.05, 4.69) is 6.58 Å². The van der Waals surface area contributed by atoms with Crippen LogP contribution >= 0.6 is 0 Å². The first-order valence-corrected chi connectivity index (χ1v) is 8.19. The zero-order valence-corrected chi connectivity index (χ0v) is 13.4. The van der Waals surface area contributed by atoms with Crippen LogP contribution in [0.5, 0.6) is 0 Å². The second-order valence-electron chi connectivity index (χ2n) is 6.42. The normalized spacial score (nSPS) is 29.0. The number of hydrogen-bond donors (Lipinski definition) is 0. The van der Waals surface area contributed by atoms with E-state index in [1.807, 2.05) is 6.07 Å². The Bertz CT molecular complexity index is 704. The quantitative estimate of drug-likeness (QED) is 0.630. The highest BCUT2D eigenvalue weighted by Gasteiger charge is 2.52. The van der Waals surface area contributed by atoms with E-state index in [0.717, 1.165) is 0 Å². The molecule has 3 atom stereocenters. The number of carbonyl (C=O) groups excluding carboxylic acids is 3. The fourth-order valence-corrected chi connectivity index (χ4v) is 3.80. The van der Waals surface area contributed by atoms with Crippen molar-refractivity contribution in [3.63, 3.8) is 0 Å². The number of carbonyl (C=O) groups is 3. The second-order valence-corrected chi connectivity index (χ2v) is 6.42. The topological polar surface area (TPSA) is 60.4 Å². The molecule has 0 radical (unpaired) electrons. The van der Waals surface area contributed by atoms with Crippen LogP contribution in [0.2, 0.25) is 0 Å². The number of hydrogen-bond acceptors (Lipinski definition) is 4. The molecule has 1 aromatic rings. The summed E-state index contributed by atoms with van der Waals surface area (Å²) in [4.78, 5) is 36.9. The van der Waals surface area contributed by atoms with Gasteiger partial charge < -0.3 is 4.74 Å². The molecule has 4 nitrogen and oxygen atoms in total. The molecular formula is C20H20O4. The molecule has 124 valence electrons. The molecule has 0 N–H and O–H groups in total. The van der Waals surface area contributed by atoms with Crippen LogP contribution in [0.4, 0.5) is 0 Å². The first kappa shape index (κ1) is 16.4. The lowest BCUT2D eigenvalue weighted by molar-refractivity contribution is -0.140. The van der Waals surface area contributed by atoms with Crippen molar-refractivity contribution < 1.29 is 19.1 Å². The SMILES string of the molecule is C=CC[C@@]12C=CC(=O)C[C@@H]1C(OC(=O)c1ccccc1)CCC2=O. The van der Waals surface area contributed by atoms with Gasteiger partial charge in [0.25, 0.3) is 0 Å². The Labute approximate surface area is 141 Å². The van der Waals surface area contributed by atoms with Crippen molar-refractivity contribution in [1.82, 2.24) is 0 Å². The summed E-state index contributed by atoms with van der Waals surface area (Å²) in [5.74, 6) is -0.662. The first-order valence-electron chi connectivity index (χ1n) is 8.19. The summed E-state index contributed by atoms with van der Waals surface area (Å²) < 4.78 is 5.70. The van der Waals surface area contributed by atoms with E-state index in [1.165, 1.54) is 6.08 Å². The average Bonchev–Trinajstić information content (AvgIpc) is 2.60. The number of rotatable bonds is 4. The third kappa shape index (κ3) is 2.84. The zero-order valence-electron chi connectivity index (χ0n) is 13.4. The highest BCUT2D eigenvalue weighted by molar-refractivity contribution is 5.97. The number of ether oxygens (including phenoxy) is 1. The van der Waals surface area contributed by atoms with Crippen molar-refractivity contribution in [2.45, 2.75) is 31.8 Å². The van der Waals surface area contributed by atoms with E-state index in [-0.39, 0.29) is 23.9 Å². The maximum Gasteiger partial charge on any atom is 0.338 e. The third-order valence-corrected chi connectivity index (χ3v) is 5.02. The summed E-state index contributed by atoms with van der Waals surface area (Å²) >= 11 is 0. The highest BCUT2D eigenvalue weighted by atomic mass is 16.5. The van der Waals surface area contributed by atoms with Gasteiger partial charge in [0, 0.05) is 18.8 Å². The molecule has 4 heteroatoms. The lowest BCUT2D eigenvalue weighted by Crippen LogP contribution is -2.50. The van der Waals surface area contributed by atoms with Gasteiger partial charge in [-0.2, -0.15) is 0 Å². The highest BCUT2D eigenvalue weighted by Crippen LogP contribution is 2.48. The Morgan fingerprint density at radius 1 is 1.29 bits per heavy atom. The van der Waals surface area contributed by atoms with Crippen LogP contribution in [-0.4, -0.2) is 23.6 Å². The Hall–Kier alpha value is -2.49. The fourth-order valence-electron chi connectivity index (χ4n) is 3.80. The van der Waals surface area contributed by atoms with Crippen molar-refractivity contribution in [3.8, 4) is 0 Å². The predicted octanol–water partition coefficient (Wildman–Crippen LogP) is 3.28. The standard InChI is InChI=1S/C20H20O4/c1-2-11-20-12-10-15(21)13-16(20)17(8-9-18(20)22)24-19(23)14-6-4-3-5-7-14/h2-7,10,12,16-17H,1,8-9,11,13H2/t16-,17?,20-/m1/s1. The largest absolute Gasteiger partial charge is 0.458 e. The molecule has 2 aliphatic rings. The van der Waals surface area contributed by atoms with Crippen molar-refractivity contribution in [3.05, 3.63) is 60.7 Å². The molecular weight excluding hydrogens is 304 g/mol. The third-order valence-electron chi connectivity index (χ3n) is 5.02. The van der Waals surface area contributed by atoms with E-state index >= 15 is 0 Å². The Balaban J connectivity index is 1.88. The summed E-state index contributed by atoms with van der Waals surface area (Å²) in [5.41, 5.74) is -0.295. The van der Waals surface area contributed by atoms with Gasteiger partial charge in [-0.25, -0.2) is 4.79 Å². The van der Waals surface area contributed by atoms with Crippen LogP contribution in [0.3, 0.4) is 0 Å². The number of benzene rings is 1. The van der Waals surface area contributed by atoms with Crippen molar-refractivity contribution in [2.24, 2.45) is 11.3 Å². The fraction of sp³-hybridized carbons (Fsp3) is 0.350. The number of Topliss-reactive ketones (excluding diaryl/α,β-unsaturated/α-hetero) is 1. The molecule has 3 rings (SSSR count). The average molecular weight is 324 g/mol. The van der Waals surface area contributed by atoms with Crippen LogP contribution in [0.15, 0.2) is 55.1 Å². The lowest BCUT2D eigenvalue weighted by atomic mass is 9.59. The Morgan fingerprint density at radius 3 is 2.75 bits per heavy atom. The maximum atomic E-state index is 12.6. The predicted molar refractivity (Wildman–Crippen MR) is 89.4 cm³/mol. The van der Waals surface area contributed by atoms with Gasteiger partial charge in [-0.1, -0.05) is 30.4 Å². The Morgan fingerprint density at radius 2 is 2.04 bits per heavy atom. The number of allylic oxidation sites excluding steroid dienone is 3. The molecule has 0 heterocycles. The van der Waals surface area contributed by atoms with Gasteiger partial charge in [0.15, 0.2) is 5.78 Å². The van der Waals surface area contributed by atoms with Gasteiger partial charge in [0.1, 0.15) is 11.9 Å². The van der Waals surface area contributed by atoms with E-state index < -0.39 is 17.5 Å². The zero-order chi connectivity index (χ0) is 17.2. The molecule has 1 unspecified atom stereocenters. The summed E-state index contributed by atoms with van der Waals surface area (Å²) in [7, 11) is 0. The van der Waals surface area contributed by atoms with Crippen LogP contribution in [0.1, 0.15) is 36.0 Å². The minimum atomic E-state index is -0.768. The molecule has 0 amide bonds. The molecule has 2 aliphatic carbocycles. The minimum Gasteiger partial charge on any atom is -0.458 e. The van der Waals surface area contributed by atoms with Gasteiger partial charge >= 0.3 is 5.97 Å². The van der Waals surface area contributed by atoms with Crippen molar-refractivity contribution in [2.75, 3.05) is 0 Å². The molecule has 0 spiro atoms. The smallest absolute Gasteiger partial charge is 0.338 e. The first-order chi connectivity index (χ1) is 11.6. The van der Waals surface area contributed by atoms with E-state index in [9.17, 15) is 14.4 Å². The molecule has 1 fully saturated rings. The van der Waals surface area contributed by atoms with Crippen LogP contribution in [-0.2, 0) is 14.3 Å². The van der Waals surface area contributed by atoms with Crippen LogP contribution < -0.4 is 0 Å². The lowest BCUT2D eigenvalue weighted by Gasteiger charge is -2.45. The molecule has 0 aliphatic heterocycles. The summed E-state index contributed by atoms with van der Waals surface area (Å²) in [5, 5.41) is 0. The van der Waals surface area contributed by atoms with Crippen molar-refractivity contribution in [1.29, 1.82) is 0 Å². The van der Waals surface area contributed by atoms with Gasteiger partial charge in [0.2, 0.25) is 0 Å². The Kier molecular flexibility index (Phi) is 4.47. The van der Waals surface area contributed by atoms with E-state index in [4.69, 9.17) is 4.74 Å². The van der Waals surface area contributed by atoms with Crippen LogP contribution in [0.25, 0.3) is 0 Å². The summed E-state index contributed by atoms with van der Waals surface area (Å²) in [6.45, 7) is 3.75. The van der Waals surface area contributed by atoms with Gasteiger partial charge in [-0.05, 0) is 31.1 Å². The number of ketones is 2. The van der Waals surface area contributed by atoms with Crippen molar-refractivity contribution >= 4 is 17.5 Å². The molecule has 0 aromatic heterocycles. The van der Waals surface area contributed by atoms with Crippen LogP contribution in [0, 0.1) is 11.3 Å². The van der Waals surface area contributed by atoms with Gasteiger partial charge in [-0.3, -0.25) is 9.59 Å². The monoisotopic (exact) mass is 324 g/mol. The van der Waals surface area contributed by atoms with E-state index in [0.29, 0.717) is 24.8 Å². The molecule has 0 saturated heterocycles. The minimum absolute atomic E-state index is 0.0323.